The molecule has 0 spiro atoms. The molecule has 2 heterocycles. The number of unbranched alkanes of at least 4 members (excludes halogenated alkanes) is 1. The molecule has 4 rings (SSSR count). The van der Waals surface area contributed by atoms with Gasteiger partial charge < -0.3 is 5.11 Å². The van der Waals surface area contributed by atoms with Gasteiger partial charge >= 0.3 is 0 Å². The summed E-state index contributed by atoms with van der Waals surface area (Å²) < 4.78 is 29.0. The van der Waals surface area contributed by atoms with E-state index >= 15 is 0 Å². The Labute approximate surface area is 234 Å². The Morgan fingerprint density at radius 1 is 1.07 bits per heavy atom. The number of aromatic hydroxyl groups is 1. The third kappa shape index (κ3) is 5.54. The van der Waals surface area contributed by atoms with Gasteiger partial charge in [0, 0.05) is 23.9 Å². The maximum atomic E-state index is 14.1. The van der Waals surface area contributed by atoms with Crippen LogP contribution in [-0.2, 0) is 16.3 Å². The van der Waals surface area contributed by atoms with Gasteiger partial charge in [0.1, 0.15) is 5.82 Å². The lowest BCUT2D eigenvalue weighted by molar-refractivity contribution is 0.374. The van der Waals surface area contributed by atoms with Crippen LogP contribution in [0.2, 0.25) is 0 Å². The number of hydrogen-bond acceptors (Lipinski definition) is 7. The fourth-order valence-corrected chi connectivity index (χ4v) is 6.27. The molecule has 2 aromatic heterocycles. The second-order valence-electron chi connectivity index (χ2n) is 10.0. The van der Waals surface area contributed by atoms with Crippen molar-refractivity contribution in [2.24, 2.45) is 5.92 Å². The molecule has 40 heavy (non-hydrogen) atoms. The van der Waals surface area contributed by atoms with Gasteiger partial charge in [0.15, 0.2) is 4.90 Å². The summed E-state index contributed by atoms with van der Waals surface area (Å²) in [5.41, 5.74) is 2.70. The summed E-state index contributed by atoms with van der Waals surface area (Å²) in [6.45, 7) is 7.69. The average molecular weight is 557 g/mol. The zero-order valence-corrected chi connectivity index (χ0v) is 23.8. The maximum Gasteiger partial charge on any atom is 0.277 e. The highest BCUT2D eigenvalue weighted by molar-refractivity contribution is 7.91. The van der Waals surface area contributed by atoms with Crippen LogP contribution in [0.1, 0.15) is 62.3 Å². The fraction of sp³-hybridized carbons (Fsp3) is 0.290. The molecule has 1 atom stereocenters. The number of nitriles is 1. The molecule has 0 saturated carbocycles. The second-order valence-corrected chi connectivity index (χ2v) is 11.9. The lowest BCUT2D eigenvalue weighted by Gasteiger charge is -2.27. The van der Waals surface area contributed by atoms with E-state index in [1.54, 1.807) is 42.6 Å². The van der Waals surface area contributed by atoms with Crippen molar-refractivity contribution in [3.8, 4) is 23.1 Å². The number of sulfone groups is 1. The molecule has 0 amide bonds. The van der Waals surface area contributed by atoms with E-state index in [0.717, 1.165) is 23.2 Å². The minimum atomic E-state index is -4.44. The molecule has 1 unspecified atom stereocenters. The number of rotatable bonds is 9. The zero-order valence-electron chi connectivity index (χ0n) is 23.0. The van der Waals surface area contributed by atoms with Crippen molar-refractivity contribution >= 4 is 9.84 Å². The van der Waals surface area contributed by atoms with Crippen LogP contribution in [0.3, 0.4) is 0 Å². The Kier molecular flexibility index (Phi) is 8.50. The highest BCUT2D eigenvalue weighted by Gasteiger charge is 2.33. The van der Waals surface area contributed by atoms with Gasteiger partial charge in [0.2, 0.25) is 15.7 Å². The molecule has 0 aliphatic rings. The Morgan fingerprint density at radius 2 is 1.80 bits per heavy atom. The highest BCUT2D eigenvalue weighted by atomic mass is 32.2. The first-order valence-electron chi connectivity index (χ1n) is 13.2. The van der Waals surface area contributed by atoms with E-state index in [-0.39, 0.29) is 10.8 Å². The van der Waals surface area contributed by atoms with E-state index in [2.05, 4.69) is 16.0 Å². The number of hydrogen-bond donors (Lipinski definition) is 1. The van der Waals surface area contributed by atoms with E-state index in [1.165, 1.54) is 16.7 Å². The summed E-state index contributed by atoms with van der Waals surface area (Å²) in [6.07, 6.45) is 3.57. The maximum absolute atomic E-state index is 14.1. The predicted molar refractivity (Wildman–Crippen MR) is 153 cm³/mol. The van der Waals surface area contributed by atoms with Gasteiger partial charge in [-0.2, -0.15) is 10.2 Å². The first kappa shape index (κ1) is 28.7. The number of nitrogens with zero attached hydrogens (tertiary/aromatic N) is 4. The van der Waals surface area contributed by atoms with Crippen molar-refractivity contribution in [3.63, 3.8) is 0 Å². The molecular weight excluding hydrogens is 524 g/mol. The number of benzene rings is 2. The Bertz CT molecular complexity index is 1740. The van der Waals surface area contributed by atoms with Gasteiger partial charge in [-0.25, -0.2) is 8.42 Å². The summed E-state index contributed by atoms with van der Waals surface area (Å²) in [5.74, 6) is -0.671. The third-order valence-electron chi connectivity index (χ3n) is 6.90. The van der Waals surface area contributed by atoms with Crippen LogP contribution in [-0.4, -0.2) is 28.1 Å². The highest BCUT2D eigenvalue weighted by Crippen LogP contribution is 2.32. The summed E-state index contributed by atoms with van der Waals surface area (Å²) in [4.78, 5) is 21.8. The van der Waals surface area contributed by atoms with Gasteiger partial charge in [-0.3, -0.25) is 14.3 Å². The van der Waals surface area contributed by atoms with Gasteiger partial charge in [-0.05, 0) is 60.7 Å². The van der Waals surface area contributed by atoms with Gasteiger partial charge in [-0.15, -0.1) is 0 Å². The van der Waals surface area contributed by atoms with E-state index in [1.807, 2.05) is 39.8 Å². The standard InChI is InChI=1S/C31H32N4O4S/c1-5-6-12-27-34-30(36)29(31(37)35(27)28(20(2)3)24-10-7-9-22(18-24)19-32)40(38,39)25-15-13-23(14-16-25)26-11-8-17-33-21(26)4/h7-11,13-18,20,28,36H,5-6,12H2,1-4H3. The van der Waals surface area contributed by atoms with Crippen LogP contribution in [0.4, 0.5) is 0 Å². The van der Waals surface area contributed by atoms with Gasteiger partial charge in [0.05, 0.1) is 22.6 Å². The molecule has 8 nitrogen and oxygen atoms in total. The van der Waals surface area contributed by atoms with E-state index in [9.17, 15) is 23.6 Å². The van der Waals surface area contributed by atoms with Crippen LogP contribution in [0.15, 0.2) is 81.4 Å². The molecule has 0 bridgehead atoms. The molecule has 206 valence electrons. The normalized spacial score (nSPS) is 12.3. The smallest absolute Gasteiger partial charge is 0.277 e. The summed E-state index contributed by atoms with van der Waals surface area (Å²) in [5, 5.41) is 20.3. The molecule has 1 N–H and O–H groups in total. The predicted octanol–water partition coefficient (Wildman–Crippen LogP) is 5.61. The monoisotopic (exact) mass is 556 g/mol. The summed E-state index contributed by atoms with van der Waals surface area (Å²) >= 11 is 0. The summed E-state index contributed by atoms with van der Waals surface area (Å²) in [6, 6.07) is 18.3. The zero-order chi connectivity index (χ0) is 29.0. The van der Waals surface area contributed by atoms with Crippen LogP contribution in [0.25, 0.3) is 11.1 Å². The number of pyridine rings is 1. The molecule has 4 aromatic rings. The van der Waals surface area contributed by atoms with E-state index in [4.69, 9.17) is 0 Å². The van der Waals surface area contributed by atoms with Crippen molar-refractivity contribution in [3.05, 3.63) is 99.9 Å². The van der Waals surface area contributed by atoms with Gasteiger partial charge in [0.25, 0.3) is 5.56 Å². The van der Waals surface area contributed by atoms with Crippen LogP contribution < -0.4 is 5.56 Å². The van der Waals surface area contributed by atoms with E-state index < -0.39 is 32.2 Å². The largest absolute Gasteiger partial charge is 0.492 e. The van der Waals surface area contributed by atoms with Crippen molar-refractivity contribution < 1.29 is 13.5 Å². The minimum Gasteiger partial charge on any atom is -0.492 e. The Morgan fingerprint density at radius 3 is 2.42 bits per heavy atom. The number of aryl methyl sites for hydroxylation is 2. The average Bonchev–Trinajstić information content (AvgIpc) is 2.93. The lowest BCUT2D eigenvalue weighted by atomic mass is 9.94. The Hall–Kier alpha value is -4.29. The Balaban J connectivity index is 1.91. The van der Waals surface area contributed by atoms with Crippen molar-refractivity contribution in [1.29, 1.82) is 5.26 Å². The van der Waals surface area contributed by atoms with Crippen molar-refractivity contribution in [2.75, 3.05) is 0 Å². The molecule has 0 fully saturated rings. The molecule has 0 saturated heterocycles. The minimum absolute atomic E-state index is 0.132. The lowest BCUT2D eigenvalue weighted by Crippen LogP contribution is -2.35. The fourth-order valence-electron chi connectivity index (χ4n) is 4.93. The topological polar surface area (TPSA) is 126 Å². The molecular formula is C31H32N4O4S. The second kappa shape index (κ2) is 11.8. The first-order chi connectivity index (χ1) is 19.1. The van der Waals surface area contributed by atoms with Crippen LogP contribution in [0, 0.1) is 24.2 Å². The van der Waals surface area contributed by atoms with Crippen LogP contribution >= 0.6 is 0 Å². The SMILES string of the molecule is CCCCc1nc(O)c(S(=O)(=O)c2ccc(-c3cccnc3C)cc2)c(=O)n1C(c1cccc(C#N)c1)C(C)C. The number of aromatic nitrogens is 3. The molecule has 0 aliphatic heterocycles. The third-order valence-corrected chi connectivity index (χ3v) is 8.69. The molecule has 9 heteroatoms. The summed E-state index contributed by atoms with van der Waals surface area (Å²) in [7, 11) is -4.44. The molecule has 2 aromatic carbocycles. The van der Waals surface area contributed by atoms with Crippen LogP contribution in [0.5, 0.6) is 5.88 Å². The van der Waals surface area contributed by atoms with Gasteiger partial charge in [-0.1, -0.05) is 57.5 Å². The van der Waals surface area contributed by atoms with Crippen molar-refractivity contribution in [2.45, 2.75) is 62.8 Å². The van der Waals surface area contributed by atoms with Crippen molar-refractivity contribution in [1.82, 2.24) is 14.5 Å². The first-order valence-corrected chi connectivity index (χ1v) is 14.7. The molecule has 0 aliphatic carbocycles. The van der Waals surface area contributed by atoms with E-state index in [0.29, 0.717) is 29.8 Å². The molecule has 0 radical (unpaired) electrons. The quantitative estimate of drug-likeness (QED) is 0.284.